The number of aryl methyl sites for hydroxylation is 1. The first kappa shape index (κ1) is 11.6. The van der Waals surface area contributed by atoms with Crippen LogP contribution in [0.4, 0.5) is 0 Å². The maximum atomic E-state index is 5.75. The lowest BCUT2D eigenvalue weighted by Gasteiger charge is -2.24. The molecule has 16 heavy (non-hydrogen) atoms. The molecule has 1 fully saturated rings. The molecule has 1 aromatic heterocycles. The average Bonchev–Trinajstić information content (AvgIpc) is 2.79. The Morgan fingerprint density at radius 2 is 2.50 bits per heavy atom. The van der Waals surface area contributed by atoms with Crippen LogP contribution in [0.2, 0.25) is 0 Å². The topological polar surface area (TPSA) is 39.1 Å². The van der Waals surface area contributed by atoms with E-state index in [9.17, 15) is 0 Å². The van der Waals surface area contributed by atoms with E-state index in [1.165, 1.54) is 25.0 Å². The standard InChI is InChI=1S/C12H21N3O/c1-2-3-4-6-15-10-14-8-11(15)12-9-13-5-7-16-12/h8,10,12-13H,2-7,9H2,1H3. The first-order chi connectivity index (χ1) is 7.92. The fourth-order valence-corrected chi connectivity index (χ4v) is 2.07. The van der Waals surface area contributed by atoms with Gasteiger partial charge in [0.25, 0.3) is 0 Å². The molecule has 4 heteroatoms. The first-order valence-electron chi connectivity index (χ1n) is 6.24. The summed E-state index contributed by atoms with van der Waals surface area (Å²) in [6, 6.07) is 0. The number of nitrogens with one attached hydrogen (secondary N) is 1. The van der Waals surface area contributed by atoms with E-state index in [-0.39, 0.29) is 6.10 Å². The molecule has 1 aromatic rings. The van der Waals surface area contributed by atoms with Crippen molar-refractivity contribution in [1.82, 2.24) is 14.9 Å². The number of morpholine rings is 1. The number of ether oxygens (including phenoxy) is 1. The van der Waals surface area contributed by atoms with Gasteiger partial charge < -0.3 is 14.6 Å². The molecule has 1 atom stereocenters. The number of nitrogens with zero attached hydrogens (tertiary/aromatic N) is 2. The van der Waals surface area contributed by atoms with Crippen molar-refractivity contribution in [3.05, 3.63) is 18.2 Å². The summed E-state index contributed by atoms with van der Waals surface area (Å²) in [6.07, 6.45) is 7.79. The molecule has 90 valence electrons. The first-order valence-corrected chi connectivity index (χ1v) is 6.24. The van der Waals surface area contributed by atoms with Crippen molar-refractivity contribution >= 4 is 0 Å². The third kappa shape index (κ3) is 2.83. The van der Waals surface area contributed by atoms with E-state index in [4.69, 9.17) is 4.74 Å². The zero-order valence-corrected chi connectivity index (χ0v) is 9.98. The molecule has 0 amide bonds. The second kappa shape index (κ2) is 6.01. The van der Waals surface area contributed by atoms with Crippen LogP contribution in [0.5, 0.6) is 0 Å². The average molecular weight is 223 g/mol. The highest BCUT2D eigenvalue weighted by atomic mass is 16.5. The lowest BCUT2D eigenvalue weighted by Crippen LogP contribution is -2.34. The third-order valence-electron chi connectivity index (χ3n) is 3.00. The Hall–Kier alpha value is -0.870. The zero-order chi connectivity index (χ0) is 11.2. The minimum atomic E-state index is 0.179. The molecule has 1 unspecified atom stereocenters. The van der Waals surface area contributed by atoms with Gasteiger partial charge in [-0.2, -0.15) is 0 Å². The monoisotopic (exact) mass is 223 g/mol. The molecule has 0 radical (unpaired) electrons. The van der Waals surface area contributed by atoms with E-state index >= 15 is 0 Å². The molecule has 0 bridgehead atoms. The third-order valence-corrected chi connectivity index (χ3v) is 3.00. The molecule has 4 nitrogen and oxygen atoms in total. The van der Waals surface area contributed by atoms with Crippen LogP contribution >= 0.6 is 0 Å². The Bertz CT molecular complexity index is 305. The van der Waals surface area contributed by atoms with Gasteiger partial charge in [-0.15, -0.1) is 0 Å². The van der Waals surface area contributed by atoms with E-state index in [0.29, 0.717) is 0 Å². The van der Waals surface area contributed by atoms with Gasteiger partial charge in [0.15, 0.2) is 0 Å². The molecular formula is C12H21N3O. The lowest BCUT2D eigenvalue weighted by atomic mass is 10.2. The van der Waals surface area contributed by atoms with E-state index in [1.807, 2.05) is 12.5 Å². The molecule has 1 saturated heterocycles. The summed E-state index contributed by atoms with van der Waals surface area (Å²) in [6.45, 7) is 5.94. The minimum absolute atomic E-state index is 0.179. The summed E-state index contributed by atoms with van der Waals surface area (Å²) < 4.78 is 7.98. The second-order valence-corrected chi connectivity index (χ2v) is 4.28. The quantitative estimate of drug-likeness (QED) is 0.773. The fraction of sp³-hybridized carbons (Fsp3) is 0.750. The van der Waals surface area contributed by atoms with Crippen molar-refractivity contribution in [2.24, 2.45) is 0 Å². The van der Waals surface area contributed by atoms with Gasteiger partial charge >= 0.3 is 0 Å². The lowest BCUT2D eigenvalue weighted by molar-refractivity contribution is 0.0227. The summed E-state index contributed by atoms with van der Waals surface area (Å²) in [7, 11) is 0. The van der Waals surface area contributed by atoms with Gasteiger partial charge in [0, 0.05) is 19.6 Å². The Kier molecular flexibility index (Phi) is 4.36. The van der Waals surface area contributed by atoms with Crippen LogP contribution in [0.3, 0.4) is 0 Å². The molecule has 0 aromatic carbocycles. The van der Waals surface area contributed by atoms with Crippen LogP contribution in [0.15, 0.2) is 12.5 Å². The molecule has 0 spiro atoms. The van der Waals surface area contributed by atoms with Gasteiger partial charge in [-0.1, -0.05) is 19.8 Å². The summed E-state index contributed by atoms with van der Waals surface area (Å²) in [5.74, 6) is 0. The van der Waals surface area contributed by atoms with Crippen LogP contribution < -0.4 is 5.32 Å². The molecule has 2 rings (SSSR count). The number of aromatic nitrogens is 2. The van der Waals surface area contributed by atoms with Gasteiger partial charge in [0.05, 0.1) is 24.8 Å². The highest BCUT2D eigenvalue weighted by Crippen LogP contribution is 2.18. The largest absolute Gasteiger partial charge is 0.369 e. The maximum absolute atomic E-state index is 5.75. The maximum Gasteiger partial charge on any atom is 0.111 e. The Morgan fingerprint density at radius 1 is 1.56 bits per heavy atom. The number of unbranched alkanes of at least 4 members (excludes halogenated alkanes) is 2. The predicted molar refractivity (Wildman–Crippen MR) is 63.3 cm³/mol. The van der Waals surface area contributed by atoms with Gasteiger partial charge in [-0.05, 0) is 6.42 Å². The predicted octanol–water partition coefficient (Wildman–Crippen LogP) is 1.73. The van der Waals surface area contributed by atoms with E-state index in [1.54, 1.807) is 0 Å². The summed E-state index contributed by atoms with van der Waals surface area (Å²) in [5.41, 5.74) is 1.21. The van der Waals surface area contributed by atoms with Crippen LogP contribution in [-0.2, 0) is 11.3 Å². The Balaban J connectivity index is 1.94. The van der Waals surface area contributed by atoms with Crippen LogP contribution in [-0.4, -0.2) is 29.2 Å². The summed E-state index contributed by atoms with van der Waals surface area (Å²) in [5, 5.41) is 3.35. The number of rotatable bonds is 5. The number of hydrogen-bond donors (Lipinski definition) is 1. The molecule has 1 aliphatic heterocycles. The normalized spacial score (nSPS) is 21.2. The van der Waals surface area contributed by atoms with E-state index in [0.717, 1.165) is 26.2 Å². The van der Waals surface area contributed by atoms with Gasteiger partial charge in [0.2, 0.25) is 0 Å². The van der Waals surface area contributed by atoms with E-state index < -0.39 is 0 Å². The van der Waals surface area contributed by atoms with E-state index in [2.05, 4.69) is 21.8 Å². The summed E-state index contributed by atoms with van der Waals surface area (Å²) in [4.78, 5) is 4.23. The van der Waals surface area contributed by atoms with Crippen LogP contribution in [0, 0.1) is 0 Å². The van der Waals surface area contributed by atoms with Crippen LogP contribution in [0.25, 0.3) is 0 Å². The molecule has 2 heterocycles. The second-order valence-electron chi connectivity index (χ2n) is 4.28. The van der Waals surface area contributed by atoms with Crippen molar-refractivity contribution in [1.29, 1.82) is 0 Å². The van der Waals surface area contributed by atoms with Crippen molar-refractivity contribution in [2.75, 3.05) is 19.7 Å². The Morgan fingerprint density at radius 3 is 3.25 bits per heavy atom. The number of imidazole rings is 1. The van der Waals surface area contributed by atoms with Gasteiger partial charge in [-0.3, -0.25) is 0 Å². The SMILES string of the molecule is CCCCCn1cncc1C1CNCCO1. The molecular weight excluding hydrogens is 202 g/mol. The van der Waals surface area contributed by atoms with Gasteiger partial charge in [0.1, 0.15) is 6.10 Å². The smallest absolute Gasteiger partial charge is 0.111 e. The Labute approximate surface area is 97.0 Å². The highest BCUT2D eigenvalue weighted by molar-refractivity contribution is 5.04. The molecule has 1 aliphatic rings. The van der Waals surface area contributed by atoms with Crippen molar-refractivity contribution in [3.8, 4) is 0 Å². The molecule has 0 saturated carbocycles. The minimum Gasteiger partial charge on any atom is -0.369 e. The van der Waals surface area contributed by atoms with Crippen molar-refractivity contribution < 1.29 is 4.74 Å². The van der Waals surface area contributed by atoms with Crippen LogP contribution in [0.1, 0.15) is 38.0 Å². The van der Waals surface area contributed by atoms with Crippen molar-refractivity contribution in [3.63, 3.8) is 0 Å². The number of hydrogen-bond acceptors (Lipinski definition) is 3. The molecule has 0 aliphatic carbocycles. The molecule has 1 N–H and O–H groups in total. The van der Waals surface area contributed by atoms with Gasteiger partial charge in [-0.25, -0.2) is 4.98 Å². The fourth-order valence-electron chi connectivity index (χ4n) is 2.07. The highest BCUT2D eigenvalue weighted by Gasteiger charge is 2.18. The summed E-state index contributed by atoms with van der Waals surface area (Å²) >= 11 is 0. The zero-order valence-electron chi connectivity index (χ0n) is 9.98. The van der Waals surface area contributed by atoms with Crippen molar-refractivity contribution in [2.45, 2.75) is 38.8 Å².